The third-order valence-electron chi connectivity index (χ3n) is 7.61. The maximum atomic E-state index is 9.10. The summed E-state index contributed by atoms with van der Waals surface area (Å²) >= 11 is 0. The molecule has 0 amide bonds. The van der Waals surface area contributed by atoms with Crippen molar-refractivity contribution in [1.82, 2.24) is 19.5 Å². The van der Waals surface area contributed by atoms with Crippen molar-refractivity contribution < 1.29 is 5.48 Å². The fourth-order valence-electron chi connectivity index (χ4n) is 5.57. The molecule has 8 aromatic rings. The molecule has 4 nitrogen and oxygen atoms in total. The minimum absolute atomic E-state index is 0.109. The van der Waals surface area contributed by atoms with Crippen molar-refractivity contribution in [2.24, 2.45) is 0 Å². The largest absolute Gasteiger partial charge is 0.277 e. The molecule has 0 fully saturated rings. The smallest absolute Gasteiger partial charge is 0.238 e. The Morgan fingerprint density at radius 3 is 1.60 bits per heavy atom. The van der Waals surface area contributed by atoms with E-state index in [0.717, 1.165) is 33.4 Å². The van der Waals surface area contributed by atoms with Crippen LogP contribution < -0.4 is 0 Å². The Balaban J connectivity index is 1.47. The van der Waals surface area contributed by atoms with Gasteiger partial charge in [0.1, 0.15) is 0 Å². The van der Waals surface area contributed by atoms with Crippen molar-refractivity contribution in [3.8, 4) is 51.0 Å². The molecule has 202 valence electrons. The number of rotatable bonds is 5. The summed E-state index contributed by atoms with van der Waals surface area (Å²) in [6, 6.07) is 42.7. The average molecular weight is 555 g/mol. The molecule has 2 aromatic heterocycles. The van der Waals surface area contributed by atoms with Crippen LogP contribution in [-0.2, 0) is 0 Å². The maximum Gasteiger partial charge on any atom is 0.238 e. The molecule has 0 N–H and O–H groups in total. The summed E-state index contributed by atoms with van der Waals surface area (Å²) in [7, 11) is 0. The van der Waals surface area contributed by atoms with E-state index >= 15 is 0 Å². The quantitative estimate of drug-likeness (QED) is 0.213. The van der Waals surface area contributed by atoms with E-state index in [4.69, 9.17) is 20.4 Å². The molecular formula is C39H26N4. The van der Waals surface area contributed by atoms with Crippen molar-refractivity contribution in [3.63, 3.8) is 0 Å². The number of benzene rings is 6. The van der Waals surface area contributed by atoms with Gasteiger partial charge in [0.15, 0.2) is 11.6 Å². The van der Waals surface area contributed by atoms with Gasteiger partial charge in [-0.25, -0.2) is 4.98 Å². The van der Waals surface area contributed by atoms with Gasteiger partial charge in [-0.1, -0.05) is 152 Å². The van der Waals surface area contributed by atoms with E-state index in [1.54, 1.807) is 4.57 Å². The van der Waals surface area contributed by atoms with E-state index in [-0.39, 0.29) is 30.1 Å². The summed E-state index contributed by atoms with van der Waals surface area (Å²) < 4.78 is 37.0. The summed E-state index contributed by atoms with van der Waals surface area (Å²) in [6.45, 7) is 0. The van der Waals surface area contributed by atoms with Gasteiger partial charge in [-0.3, -0.25) is 4.57 Å². The van der Waals surface area contributed by atoms with Crippen LogP contribution in [0.1, 0.15) is 5.48 Å². The van der Waals surface area contributed by atoms with Crippen molar-refractivity contribution in [3.05, 3.63) is 158 Å². The number of nitrogens with zero attached hydrogens (tertiary/aromatic N) is 4. The Hall–Kier alpha value is -5.87. The van der Waals surface area contributed by atoms with Crippen LogP contribution in [0.4, 0.5) is 0 Å². The highest BCUT2D eigenvalue weighted by Crippen LogP contribution is 2.38. The molecule has 0 aliphatic rings. The number of fused-ring (bicyclic) bond motifs is 3. The second-order valence-electron chi connectivity index (χ2n) is 10.2. The van der Waals surface area contributed by atoms with Crippen molar-refractivity contribution in [1.29, 1.82) is 0 Å². The van der Waals surface area contributed by atoms with E-state index in [0.29, 0.717) is 33.5 Å². The highest BCUT2D eigenvalue weighted by atomic mass is 15.2. The van der Waals surface area contributed by atoms with Crippen molar-refractivity contribution >= 4 is 21.8 Å². The lowest BCUT2D eigenvalue weighted by Crippen LogP contribution is -2.06. The lowest BCUT2D eigenvalue weighted by molar-refractivity contribution is 0.954. The van der Waals surface area contributed by atoms with Crippen LogP contribution in [-0.4, -0.2) is 19.5 Å². The predicted molar refractivity (Wildman–Crippen MR) is 176 cm³/mol. The lowest BCUT2D eigenvalue weighted by Gasteiger charge is -2.13. The molecule has 6 aromatic carbocycles. The summed E-state index contributed by atoms with van der Waals surface area (Å²) in [5, 5.41) is 1.09. The first-order chi connectivity index (χ1) is 23.0. The highest BCUT2D eigenvalue weighted by molar-refractivity contribution is 6.13. The summed E-state index contributed by atoms with van der Waals surface area (Å²) in [5.41, 5.74) is 6.56. The first kappa shape index (κ1) is 20.9. The maximum absolute atomic E-state index is 9.10. The zero-order valence-corrected chi connectivity index (χ0v) is 23.0. The van der Waals surface area contributed by atoms with Gasteiger partial charge >= 0.3 is 0 Å². The van der Waals surface area contributed by atoms with E-state index in [1.165, 1.54) is 0 Å². The van der Waals surface area contributed by atoms with Crippen molar-refractivity contribution in [2.45, 2.75) is 0 Å². The number of aromatic nitrogens is 4. The van der Waals surface area contributed by atoms with E-state index in [1.807, 2.05) is 97.1 Å². The van der Waals surface area contributed by atoms with Crippen LogP contribution in [0.5, 0.6) is 0 Å². The molecule has 0 aliphatic heterocycles. The Kier molecular flexibility index (Phi) is 5.11. The fourth-order valence-corrected chi connectivity index (χ4v) is 5.57. The Morgan fingerprint density at radius 1 is 0.442 bits per heavy atom. The zero-order valence-electron chi connectivity index (χ0n) is 27.0. The van der Waals surface area contributed by atoms with Gasteiger partial charge in [0.2, 0.25) is 5.95 Å². The van der Waals surface area contributed by atoms with E-state index < -0.39 is 0 Å². The van der Waals surface area contributed by atoms with Crippen molar-refractivity contribution in [2.75, 3.05) is 0 Å². The second kappa shape index (κ2) is 10.5. The third kappa shape index (κ3) is 4.46. The normalized spacial score (nSPS) is 12.6. The average Bonchev–Trinajstić information content (AvgIpc) is 3.50. The van der Waals surface area contributed by atoms with Crippen LogP contribution in [0, 0.1) is 0 Å². The van der Waals surface area contributed by atoms with Gasteiger partial charge in [-0.2, -0.15) is 9.97 Å². The molecule has 43 heavy (non-hydrogen) atoms. The molecule has 0 spiro atoms. The minimum Gasteiger partial charge on any atom is -0.277 e. The van der Waals surface area contributed by atoms with Crippen LogP contribution in [0.25, 0.3) is 72.8 Å². The summed E-state index contributed by atoms with van der Waals surface area (Å²) in [6.07, 6.45) is 0. The van der Waals surface area contributed by atoms with Crippen LogP contribution in [0.15, 0.2) is 158 Å². The monoisotopic (exact) mass is 554 g/mol. The van der Waals surface area contributed by atoms with Gasteiger partial charge in [0.05, 0.1) is 16.5 Å². The van der Waals surface area contributed by atoms with Crippen LogP contribution in [0.2, 0.25) is 0 Å². The zero-order chi connectivity index (χ0) is 32.1. The molecule has 8 rings (SSSR count). The molecule has 0 aliphatic carbocycles. The lowest BCUT2D eigenvalue weighted by atomic mass is 9.98. The Morgan fingerprint density at radius 2 is 0.977 bits per heavy atom. The predicted octanol–water partition coefficient (Wildman–Crippen LogP) is 9.64. The molecule has 0 saturated heterocycles. The molecule has 0 atom stereocenters. The first-order valence-corrected chi connectivity index (χ1v) is 14.1. The molecule has 0 saturated carbocycles. The molecule has 0 bridgehead atoms. The van der Waals surface area contributed by atoms with Crippen LogP contribution >= 0.6 is 0 Å². The standard InChI is InChI=1S/C39H26N4/c1-4-13-27(14-5-1)28-23-25-29(26-24-28)32-20-12-21-34-33-19-10-11-22-35(33)43(36(32)34)39-41-37(30-15-6-2-7-16-30)40-38(42-39)31-17-8-3-9-18-31/h1-26H/i10D,11D,19D,22D. The van der Waals surface area contributed by atoms with Gasteiger partial charge < -0.3 is 0 Å². The SMILES string of the molecule is [2H]c1c([2H])c([2H])c2c(c1[2H])c1cccc(-c3ccc(-c4ccccc4)cc3)c1n2-c1nc(-c2ccccc2)nc(-c2ccccc2)n1. The van der Waals surface area contributed by atoms with Gasteiger partial charge in [-0.05, 0) is 22.7 Å². The molecular weight excluding hydrogens is 524 g/mol. The second-order valence-corrected chi connectivity index (χ2v) is 10.2. The first-order valence-electron chi connectivity index (χ1n) is 16.1. The van der Waals surface area contributed by atoms with Gasteiger partial charge in [0.25, 0.3) is 0 Å². The van der Waals surface area contributed by atoms with E-state index in [2.05, 4.69) is 36.4 Å². The summed E-state index contributed by atoms with van der Waals surface area (Å²) in [5.74, 6) is 1.17. The summed E-state index contributed by atoms with van der Waals surface area (Å²) in [4.78, 5) is 14.8. The molecule has 0 unspecified atom stereocenters. The number of hydrogen-bond acceptors (Lipinski definition) is 3. The van der Waals surface area contributed by atoms with E-state index in [9.17, 15) is 0 Å². The number of para-hydroxylation sites is 2. The fraction of sp³-hybridized carbons (Fsp3) is 0. The third-order valence-corrected chi connectivity index (χ3v) is 7.61. The number of hydrogen-bond donors (Lipinski definition) is 0. The minimum atomic E-state index is -0.319. The Bertz CT molecular complexity index is 2370. The molecule has 4 heteroatoms. The Labute approximate surface area is 255 Å². The van der Waals surface area contributed by atoms with Crippen LogP contribution in [0.3, 0.4) is 0 Å². The highest BCUT2D eigenvalue weighted by Gasteiger charge is 2.20. The van der Waals surface area contributed by atoms with Gasteiger partial charge in [-0.15, -0.1) is 0 Å². The molecule has 2 heterocycles. The topological polar surface area (TPSA) is 43.6 Å². The molecule has 0 radical (unpaired) electrons. The van der Waals surface area contributed by atoms with Gasteiger partial charge in [0, 0.05) is 27.5 Å².